The van der Waals surface area contributed by atoms with Gasteiger partial charge in [0.05, 0.1) is 17.8 Å². The van der Waals surface area contributed by atoms with Crippen LogP contribution in [0.15, 0.2) is 50.2 Å². The quantitative estimate of drug-likeness (QED) is 0.323. The molecule has 14 heteroatoms. The van der Waals surface area contributed by atoms with Gasteiger partial charge in [0.15, 0.2) is 0 Å². The number of benzene rings is 2. The van der Waals surface area contributed by atoms with Crippen molar-refractivity contribution in [2.75, 3.05) is 10.7 Å². The third kappa shape index (κ3) is 6.10. The van der Waals surface area contributed by atoms with Crippen LogP contribution in [0.5, 0.6) is 0 Å². The molecule has 40 heavy (non-hydrogen) atoms. The molecule has 0 bridgehead atoms. The number of nitrogens with zero attached hydrogens (tertiary/aromatic N) is 5. The van der Waals surface area contributed by atoms with E-state index in [9.17, 15) is 9.59 Å². The van der Waals surface area contributed by atoms with Gasteiger partial charge in [0.1, 0.15) is 17.5 Å². The number of carbonyl (C=O) groups excluding carboxylic acids is 2. The minimum atomic E-state index is -0.941. The van der Waals surface area contributed by atoms with Gasteiger partial charge in [-0.15, -0.1) is 22.0 Å². The fourth-order valence-corrected chi connectivity index (χ4v) is 5.09. The van der Waals surface area contributed by atoms with Crippen molar-refractivity contribution in [1.29, 1.82) is 0 Å². The summed E-state index contributed by atoms with van der Waals surface area (Å²) in [6.45, 7) is 6.92. The van der Waals surface area contributed by atoms with Crippen LogP contribution >= 0.6 is 23.4 Å². The normalized spacial score (nSPS) is 15.5. The van der Waals surface area contributed by atoms with Gasteiger partial charge in [0, 0.05) is 22.6 Å². The maximum atomic E-state index is 15.4. The number of anilines is 1. The van der Waals surface area contributed by atoms with Crippen LogP contribution in [-0.4, -0.2) is 49.7 Å². The number of rotatable bonds is 5. The topological polar surface area (TPSA) is 136 Å². The average Bonchev–Trinajstić information content (AvgIpc) is 3.52. The lowest BCUT2D eigenvalue weighted by Gasteiger charge is -2.27. The molecule has 208 valence electrons. The number of fused-ring (bicyclic) bond motifs is 1. The van der Waals surface area contributed by atoms with Crippen LogP contribution in [0.4, 0.5) is 14.9 Å². The van der Waals surface area contributed by atoms with E-state index >= 15 is 4.39 Å². The van der Waals surface area contributed by atoms with Gasteiger partial charge in [-0.05, 0) is 50.6 Å². The minimum Gasteiger partial charge on any atom is -0.444 e. The van der Waals surface area contributed by atoms with E-state index in [0.717, 1.165) is 5.56 Å². The van der Waals surface area contributed by atoms with Gasteiger partial charge in [-0.2, -0.15) is 4.98 Å². The summed E-state index contributed by atoms with van der Waals surface area (Å²) >= 11 is 7.28. The Hall–Kier alpha value is -3.97. The highest BCUT2D eigenvalue weighted by Crippen LogP contribution is 2.39. The van der Waals surface area contributed by atoms with Crippen molar-refractivity contribution >= 4 is 41.1 Å². The molecule has 1 atom stereocenters. The molecule has 0 saturated carbocycles. The summed E-state index contributed by atoms with van der Waals surface area (Å²) in [5.74, 6) is -0.717. The van der Waals surface area contributed by atoms with Gasteiger partial charge in [0.25, 0.3) is 5.91 Å². The average molecular weight is 587 g/mol. The molecule has 1 N–H and O–H groups in total. The molecule has 2 amide bonds. The number of hydrogen-bond donors (Lipinski definition) is 1. The largest absolute Gasteiger partial charge is 0.444 e. The maximum absolute atomic E-state index is 15.4. The zero-order valence-electron chi connectivity index (χ0n) is 21.9. The predicted molar refractivity (Wildman–Crippen MR) is 144 cm³/mol. The lowest BCUT2D eigenvalue weighted by atomic mass is 10.1. The van der Waals surface area contributed by atoms with E-state index in [2.05, 4.69) is 25.7 Å². The van der Waals surface area contributed by atoms with Crippen molar-refractivity contribution in [1.82, 2.24) is 25.7 Å². The first-order valence-corrected chi connectivity index (χ1v) is 13.5. The Morgan fingerprint density at radius 1 is 1.23 bits per heavy atom. The van der Waals surface area contributed by atoms with E-state index in [0.29, 0.717) is 21.5 Å². The van der Waals surface area contributed by atoms with Crippen molar-refractivity contribution in [3.05, 3.63) is 58.7 Å². The summed E-state index contributed by atoms with van der Waals surface area (Å²) in [6, 6.07) is 8.83. The second kappa shape index (κ2) is 10.9. The summed E-state index contributed by atoms with van der Waals surface area (Å²) in [6.07, 6.45) is -0.730. The molecule has 11 nitrogen and oxygen atoms in total. The summed E-state index contributed by atoms with van der Waals surface area (Å²) < 4.78 is 31.3. The first-order valence-electron chi connectivity index (χ1n) is 12.1. The van der Waals surface area contributed by atoms with Crippen molar-refractivity contribution in [2.24, 2.45) is 0 Å². The minimum absolute atomic E-state index is 0.00181. The third-order valence-corrected chi connectivity index (χ3v) is 7.02. The zero-order chi connectivity index (χ0) is 28.6. The number of aromatic nitrogens is 4. The highest BCUT2D eigenvalue weighted by atomic mass is 35.5. The molecule has 2 aromatic heterocycles. The van der Waals surface area contributed by atoms with Crippen LogP contribution in [0.2, 0.25) is 5.02 Å². The highest BCUT2D eigenvalue weighted by Gasteiger charge is 2.34. The number of hydrogen-bond acceptors (Lipinski definition) is 10. The van der Waals surface area contributed by atoms with Gasteiger partial charge in [-0.1, -0.05) is 28.9 Å². The zero-order valence-corrected chi connectivity index (χ0v) is 23.5. The van der Waals surface area contributed by atoms with Gasteiger partial charge in [-0.3, -0.25) is 4.79 Å². The SMILES string of the molecule is Cc1nnc(-c2nc(-c3cc4c(cc3F)SC[C@H](NC(=O)OC(C)(C)C)C(=O)N4Cc3ccc(Cl)cc3)no2)o1. The monoisotopic (exact) mass is 586 g/mol. The molecule has 2 aromatic carbocycles. The number of aryl methyl sites for hydroxylation is 1. The molecule has 5 rings (SSSR count). The first-order chi connectivity index (χ1) is 19.0. The second-order valence-electron chi connectivity index (χ2n) is 9.91. The van der Waals surface area contributed by atoms with E-state index in [-0.39, 0.29) is 35.5 Å². The Balaban J connectivity index is 1.52. The fraction of sp³-hybridized carbons (Fsp3) is 0.308. The number of amides is 2. The molecule has 0 spiro atoms. The third-order valence-electron chi connectivity index (χ3n) is 5.63. The molecule has 4 aromatic rings. The summed E-state index contributed by atoms with van der Waals surface area (Å²) in [5.41, 5.74) is 0.428. The number of thioether (sulfide) groups is 1. The molecule has 0 saturated heterocycles. The smallest absolute Gasteiger partial charge is 0.408 e. The molecule has 3 heterocycles. The van der Waals surface area contributed by atoms with Crippen LogP contribution in [-0.2, 0) is 16.1 Å². The number of nitrogens with one attached hydrogen (secondary N) is 1. The fourth-order valence-electron chi connectivity index (χ4n) is 3.88. The van der Waals surface area contributed by atoms with Gasteiger partial charge >= 0.3 is 17.9 Å². The number of alkyl carbamates (subject to hydrolysis) is 1. The summed E-state index contributed by atoms with van der Waals surface area (Å²) in [7, 11) is 0. The first kappa shape index (κ1) is 27.6. The van der Waals surface area contributed by atoms with Crippen LogP contribution in [0.1, 0.15) is 32.2 Å². The van der Waals surface area contributed by atoms with Crippen molar-refractivity contribution in [3.8, 4) is 23.2 Å². The van der Waals surface area contributed by atoms with Gasteiger partial charge < -0.3 is 23.9 Å². The lowest BCUT2D eigenvalue weighted by molar-refractivity contribution is -0.120. The second-order valence-corrected chi connectivity index (χ2v) is 11.4. The Morgan fingerprint density at radius 2 is 1.98 bits per heavy atom. The predicted octanol–water partition coefficient (Wildman–Crippen LogP) is 5.42. The summed E-state index contributed by atoms with van der Waals surface area (Å²) in [4.78, 5) is 32.6. The standard InChI is InChI=1S/C26H24ClFN6O5S/c1-13-31-32-23(37-13)22-30-21(33-39-22)16-9-19-20(10-17(16)28)40-12-18(29-25(36)38-26(2,3)4)24(35)34(19)11-14-5-7-15(27)8-6-14/h5-10,18H,11-12H2,1-4H3,(H,29,36)/t18-/m0/s1. The van der Waals surface area contributed by atoms with Gasteiger partial charge in [0.2, 0.25) is 11.7 Å². The highest BCUT2D eigenvalue weighted by molar-refractivity contribution is 7.99. The molecule has 1 aliphatic rings. The molecule has 0 fully saturated rings. The Labute approximate surface area is 237 Å². The molecule has 0 unspecified atom stereocenters. The van der Waals surface area contributed by atoms with E-state index in [1.165, 1.54) is 28.8 Å². The lowest BCUT2D eigenvalue weighted by Crippen LogP contribution is -2.50. The van der Waals surface area contributed by atoms with Crippen molar-refractivity contribution in [3.63, 3.8) is 0 Å². The molecule has 1 aliphatic heterocycles. The Kier molecular flexibility index (Phi) is 7.51. The molecular weight excluding hydrogens is 563 g/mol. The molecule has 0 radical (unpaired) electrons. The Morgan fingerprint density at radius 3 is 2.65 bits per heavy atom. The van der Waals surface area contributed by atoms with E-state index in [1.807, 2.05) is 0 Å². The maximum Gasteiger partial charge on any atom is 0.408 e. The molecule has 0 aliphatic carbocycles. The Bertz CT molecular complexity index is 1570. The number of ether oxygens (including phenoxy) is 1. The van der Waals surface area contributed by atoms with Gasteiger partial charge in [-0.25, -0.2) is 9.18 Å². The summed E-state index contributed by atoms with van der Waals surface area (Å²) in [5, 5.41) is 14.6. The van der Waals surface area contributed by atoms with E-state index in [4.69, 9.17) is 25.3 Å². The van der Waals surface area contributed by atoms with Crippen LogP contribution in [0, 0.1) is 12.7 Å². The van der Waals surface area contributed by atoms with E-state index in [1.54, 1.807) is 52.0 Å². The van der Waals surface area contributed by atoms with Crippen molar-refractivity contribution in [2.45, 2.75) is 50.8 Å². The van der Waals surface area contributed by atoms with Crippen molar-refractivity contribution < 1.29 is 27.7 Å². The van der Waals surface area contributed by atoms with Crippen LogP contribution in [0.3, 0.4) is 0 Å². The van der Waals surface area contributed by atoms with E-state index < -0.39 is 29.5 Å². The number of carbonyl (C=O) groups is 2. The number of halogens is 2. The molecular formula is C26H24ClFN6O5S. The van der Waals surface area contributed by atoms with Crippen LogP contribution in [0.25, 0.3) is 23.2 Å². The van der Waals surface area contributed by atoms with Crippen LogP contribution < -0.4 is 10.2 Å².